The molecule has 1 heterocycles. The molecule has 3 heteroatoms. The quantitative estimate of drug-likeness (QED) is 0.816. The van der Waals surface area contributed by atoms with E-state index in [-0.39, 0.29) is 0 Å². The second-order valence-corrected chi connectivity index (χ2v) is 6.05. The molecule has 1 aromatic carbocycles. The maximum Gasteiger partial charge on any atom is 0.0491 e. The zero-order chi connectivity index (χ0) is 15.4. The number of benzene rings is 1. The Kier molecular flexibility index (Phi) is 5.43. The van der Waals surface area contributed by atoms with Crippen molar-refractivity contribution in [2.45, 2.75) is 46.6 Å². The molecule has 3 nitrogen and oxygen atoms in total. The molecule has 0 radical (unpaired) electrons. The molecule has 2 aromatic rings. The van der Waals surface area contributed by atoms with Crippen molar-refractivity contribution in [1.82, 2.24) is 10.3 Å². The second-order valence-electron chi connectivity index (χ2n) is 6.05. The first-order valence-electron chi connectivity index (χ1n) is 7.84. The highest BCUT2D eigenvalue weighted by molar-refractivity contribution is 5.88. The summed E-state index contributed by atoms with van der Waals surface area (Å²) in [5.41, 5.74) is 6.75. The van der Waals surface area contributed by atoms with Gasteiger partial charge in [0.2, 0.25) is 0 Å². The zero-order valence-corrected chi connectivity index (χ0v) is 14.0. The maximum absolute atomic E-state index is 5.12. The van der Waals surface area contributed by atoms with Crippen molar-refractivity contribution in [1.29, 1.82) is 0 Å². The molecule has 21 heavy (non-hydrogen) atoms. The standard InChI is InChI=1S/C18H28N2O/c1-12-6-7-17-16(15(4)20-18(17)14(12)3)8-10-19-13(2)9-11-21-5/h6-7,13,19-20H,8-11H2,1-5H3/t13-/m0/s1. The van der Waals surface area contributed by atoms with E-state index in [4.69, 9.17) is 4.74 Å². The van der Waals surface area contributed by atoms with E-state index in [1.54, 1.807) is 7.11 Å². The van der Waals surface area contributed by atoms with Gasteiger partial charge in [-0.15, -0.1) is 0 Å². The summed E-state index contributed by atoms with van der Waals surface area (Å²) < 4.78 is 5.12. The molecular weight excluding hydrogens is 260 g/mol. The van der Waals surface area contributed by atoms with Gasteiger partial charge in [0.25, 0.3) is 0 Å². The number of nitrogens with one attached hydrogen (secondary N) is 2. The number of hydrogen-bond acceptors (Lipinski definition) is 2. The topological polar surface area (TPSA) is 37.0 Å². The molecule has 2 rings (SSSR count). The van der Waals surface area contributed by atoms with Gasteiger partial charge in [0.1, 0.15) is 0 Å². The van der Waals surface area contributed by atoms with Crippen LogP contribution in [0.2, 0.25) is 0 Å². The van der Waals surface area contributed by atoms with Crippen LogP contribution in [0.25, 0.3) is 10.9 Å². The van der Waals surface area contributed by atoms with Gasteiger partial charge in [-0.05, 0) is 63.8 Å². The highest BCUT2D eigenvalue weighted by Crippen LogP contribution is 2.26. The summed E-state index contributed by atoms with van der Waals surface area (Å²) in [6, 6.07) is 4.98. The lowest BCUT2D eigenvalue weighted by molar-refractivity contribution is 0.185. The summed E-state index contributed by atoms with van der Waals surface area (Å²) in [5.74, 6) is 0. The Hall–Kier alpha value is -1.32. The summed E-state index contributed by atoms with van der Waals surface area (Å²) >= 11 is 0. The number of rotatable bonds is 7. The predicted octanol–water partition coefficient (Wildman–Crippen LogP) is 3.65. The van der Waals surface area contributed by atoms with Crippen LogP contribution in [0.3, 0.4) is 0 Å². The van der Waals surface area contributed by atoms with Gasteiger partial charge < -0.3 is 15.0 Å². The molecule has 1 aromatic heterocycles. The molecule has 0 saturated heterocycles. The fraction of sp³-hybridized carbons (Fsp3) is 0.556. The van der Waals surface area contributed by atoms with Crippen molar-refractivity contribution in [2.24, 2.45) is 0 Å². The van der Waals surface area contributed by atoms with Crippen molar-refractivity contribution in [2.75, 3.05) is 20.3 Å². The molecule has 2 N–H and O–H groups in total. The van der Waals surface area contributed by atoms with Crippen LogP contribution >= 0.6 is 0 Å². The lowest BCUT2D eigenvalue weighted by Gasteiger charge is -2.13. The van der Waals surface area contributed by atoms with Gasteiger partial charge in [-0.1, -0.05) is 12.1 Å². The molecular formula is C18H28N2O. The number of aryl methyl sites for hydroxylation is 3. The van der Waals surface area contributed by atoms with E-state index in [2.05, 4.69) is 50.1 Å². The van der Waals surface area contributed by atoms with Crippen LogP contribution in [0.15, 0.2) is 12.1 Å². The molecule has 0 unspecified atom stereocenters. The van der Waals surface area contributed by atoms with Gasteiger partial charge in [-0.2, -0.15) is 0 Å². The van der Waals surface area contributed by atoms with E-state index in [9.17, 15) is 0 Å². The maximum atomic E-state index is 5.12. The fourth-order valence-corrected chi connectivity index (χ4v) is 2.86. The van der Waals surface area contributed by atoms with Crippen molar-refractivity contribution in [3.63, 3.8) is 0 Å². The molecule has 0 aliphatic carbocycles. The molecule has 0 aliphatic rings. The smallest absolute Gasteiger partial charge is 0.0491 e. The third kappa shape index (κ3) is 3.66. The van der Waals surface area contributed by atoms with Crippen molar-refractivity contribution in [3.05, 3.63) is 34.5 Å². The number of methoxy groups -OCH3 is 1. The van der Waals surface area contributed by atoms with Gasteiger partial charge in [0, 0.05) is 36.4 Å². The van der Waals surface area contributed by atoms with Gasteiger partial charge in [0.05, 0.1) is 0 Å². The number of ether oxygens (including phenoxy) is 1. The largest absolute Gasteiger partial charge is 0.385 e. The van der Waals surface area contributed by atoms with Gasteiger partial charge in [-0.3, -0.25) is 0 Å². The molecule has 0 amide bonds. The molecule has 0 bridgehead atoms. The van der Waals surface area contributed by atoms with Crippen LogP contribution in [-0.4, -0.2) is 31.3 Å². The van der Waals surface area contributed by atoms with Crippen molar-refractivity contribution >= 4 is 10.9 Å². The van der Waals surface area contributed by atoms with Crippen molar-refractivity contribution < 1.29 is 4.74 Å². The van der Waals surface area contributed by atoms with E-state index in [1.165, 1.54) is 33.3 Å². The number of H-pyrrole nitrogens is 1. The predicted molar refractivity (Wildman–Crippen MR) is 90.2 cm³/mol. The zero-order valence-electron chi connectivity index (χ0n) is 14.0. The Morgan fingerprint density at radius 3 is 2.71 bits per heavy atom. The number of aromatic amines is 1. The number of fused-ring (bicyclic) bond motifs is 1. The minimum absolute atomic E-state index is 0.499. The van der Waals surface area contributed by atoms with E-state index in [0.29, 0.717) is 6.04 Å². The van der Waals surface area contributed by atoms with Crippen molar-refractivity contribution in [3.8, 4) is 0 Å². The first-order chi connectivity index (χ1) is 10.0. The molecule has 116 valence electrons. The van der Waals surface area contributed by atoms with E-state index in [1.807, 2.05) is 0 Å². The van der Waals surface area contributed by atoms with Gasteiger partial charge in [0.15, 0.2) is 0 Å². The fourth-order valence-electron chi connectivity index (χ4n) is 2.86. The Morgan fingerprint density at radius 2 is 2.00 bits per heavy atom. The Morgan fingerprint density at radius 1 is 1.24 bits per heavy atom. The van der Waals surface area contributed by atoms with E-state index >= 15 is 0 Å². The number of hydrogen-bond donors (Lipinski definition) is 2. The summed E-state index contributed by atoms with van der Waals surface area (Å²) in [6.07, 6.45) is 2.12. The SMILES string of the molecule is COCC[C@H](C)NCCc1c(C)[nH]c2c(C)c(C)ccc12. The molecule has 1 atom stereocenters. The van der Waals surface area contributed by atoms with Gasteiger partial charge >= 0.3 is 0 Å². The summed E-state index contributed by atoms with van der Waals surface area (Å²) in [4.78, 5) is 3.56. The third-order valence-corrected chi connectivity index (χ3v) is 4.45. The highest BCUT2D eigenvalue weighted by atomic mass is 16.5. The normalized spacial score (nSPS) is 13.0. The monoisotopic (exact) mass is 288 g/mol. The average Bonchev–Trinajstić information content (AvgIpc) is 2.78. The summed E-state index contributed by atoms with van der Waals surface area (Å²) in [5, 5.41) is 4.96. The Labute approximate surface area is 128 Å². The molecule has 0 fully saturated rings. The number of aromatic nitrogens is 1. The second kappa shape index (κ2) is 7.10. The molecule has 0 spiro atoms. The lowest BCUT2D eigenvalue weighted by Crippen LogP contribution is -2.29. The Balaban J connectivity index is 2.05. The summed E-state index contributed by atoms with van der Waals surface area (Å²) in [7, 11) is 1.76. The average molecular weight is 288 g/mol. The molecule has 0 aliphatic heterocycles. The van der Waals surface area contributed by atoms with Crippen LogP contribution in [0.1, 0.15) is 35.7 Å². The van der Waals surface area contributed by atoms with Crippen LogP contribution in [0.5, 0.6) is 0 Å². The van der Waals surface area contributed by atoms with Crippen LogP contribution in [0, 0.1) is 20.8 Å². The minimum atomic E-state index is 0.499. The van der Waals surface area contributed by atoms with Crippen LogP contribution in [-0.2, 0) is 11.2 Å². The van der Waals surface area contributed by atoms with Crippen LogP contribution in [0.4, 0.5) is 0 Å². The first kappa shape index (κ1) is 16.1. The minimum Gasteiger partial charge on any atom is -0.385 e. The highest BCUT2D eigenvalue weighted by Gasteiger charge is 2.11. The Bertz CT molecular complexity index is 601. The summed E-state index contributed by atoms with van der Waals surface area (Å²) in [6.45, 7) is 10.6. The van der Waals surface area contributed by atoms with Crippen LogP contribution < -0.4 is 5.32 Å². The van der Waals surface area contributed by atoms with E-state index in [0.717, 1.165) is 26.0 Å². The van der Waals surface area contributed by atoms with Gasteiger partial charge in [-0.25, -0.2) is 0 Å². The third-order valence-electron chi connectivity index (χ3n) is 4.45. The van der Waals surface area contributed by atoms with E-state index < -0.39 is 0 Å². The first-order valence-corrected chi connectivity index (χ1v) is 7.84. The molecule has 0 saturated carbocycles. The lowest BCUT2D eigenvalue weighted by atomic mass is 10.0.